The standard InChI is InChI=1S/C8H14N2O4/c9-6-2-1-5(3-6)8(13)10-14-4-7(11)12/h5-6H,1-4,9H2,(H,10,13)(H,11,12). The van der Waals surface area contributed by atoms with Crippen LogP contribution in [0.15, 0.2) is 0 Å². The number of carbonyl (C=O) groups is 2. The van der Waals surface area contributed by atoms with Gasteiger partial charge in [0.1, 0.15) is 0 Å². The van der Waals surface area contributed by atoms with Crippen LogP contribution in [0.2, 0.25) is 0 Å². The molecular weight excluding hydrogens is 188 g/mol. The van der Waals surface area contributed by atoms with E-state index in [1.807, 2.05) is 0 Å². The highest BCUT2D eigenvalue weighted by Gasteiger charge is 2.27. The Hall–Kier alpha value is -1.14. The molecule has 1 aliphatic rings. The van der Waals surface area contributed by atoms with Gasteiger partial charge < -0.3 is 10.8 Å². The Kier molecular flexibility index (Phi) is 3.84. The lowest BCUT2D eigenvalue weighted by atomic mass is 10.1. The van der Waals surface area contributed by atoms with Crippen LogP contribution >= 0.6 is 0 Å². The van der Waals surface area contributed by atoms with E-state index in [0.717, 1.165) is 12.8 Å². The third kappa shape index (κ3) is 3.31. The number of hydroxylamine groups is 1. The predicted molar refractivity (Wildman–Crippen MR) is 47.0 cm³/mol. The Bertz CT molecular complexity index is 231. The molecule has 0 aromatic heterocycles. The van der Waals surface area contributed by atoms with Gasteiger partial charge in [0.2, 0.25) is 5.91 Å². The number of rotatable bonds is 4. The first-order chi connectivity index (χ1) is 6.59. The lowest BCUT2D eigenvalue weighted by molar-refractivity contribution is -0.150. The van der Waals surface area contributed by atoms with Gasteiger partial charge >= 0.3 is 5.97 Å². The van der Waals surface area contributed by atoms with Gasteiger partial charge in [0, 0.05) is 12.0 Å². The van der Waals surface area contributed by atoms with Crippen LogP contribution in [0.4, 0.5) is 0 Å². The average molecular weight is 202 g/mol. The maximum absolute atomic E-state index is 11.3. The SMILES string of the molecule is NC1CCC(C(=O)NOCC(=O)O)C1. The lowest BCUT2D eigenvalue weighted by Crippen LogP contribution is -2.32. The molecule has 1 rings (SSSR count). The van der Waals surface area contributed by atoms with Crippen molar-refractivity contribution in [1.82, 2.24) is 5.48 Å². The normalized spacial score (nSPS) is 26.1. The number of aliphatic carboxylic acids is 1. The number of amides is 1. The molecule has 0 radical (unpaired) electrons. The van der Waals surface area contributed by atoms with E-state index in [4.69, 9.17) is 10.8 Å². The number of carbonyl (C=O) groups excluding carboxylic acids is 1. The highest BCUT2D eigenvalue weighted by Crippen LogP contribution is 2.23. The summed E-state index contributed by atoms with van der Waals surface area (Å²) in [6.45, 7) is -0.523. The first kappa shape index (κ1) is 10.9. The molecule has 1 amide bonds. The molecule has 14 heavy (non-hydrogen) atoms. The maximum Gasteiger partial charge on any atom is 0.332 e. The minimum absolute atomic E-state index is 0.0743. The molecule has 2 atom stereocenters. The van der Waals surface area contributed by atoms with Crippen LogP contribution in [-0.4, -0.2) is 29.6 Å². The fourth-order valence-corrected chi connectivity index (χ4v) is 1.51. The second-order valence-electron chi connectivity index (χ2n) is 3.42. The largest absolute Gasteiger partial charge is 0.479 e. The molecule has 0 bridgehead atoms. The van der Waals surface area contributed by atoms with E-state index in [0.29, 0.717) is 6.42 Å². The molecule has 0 heterocycles. The fourth-order valence-electron chi connectivity index (χ4n) is 1.51. The summed E-state index contributed by atoms with van der Waals surface area (Å²) >= 11 is 0. The summed E-state index contributed by atoms with van der Waals surface area (Å²) < 4.78 is 0. The van der Waals surface area contributed by atoms with Crippen molar-refractivity contribution in [3.8, 4) is 0 Å². The molecule has 0 spiro atoms. The van der Waals surface area contributed by atoms with Gasteiger partial charge in [0.25, 0.3) is 0 Å². The Balaban J connectivity index is 2.18. The average Bonchev–Trinajstić information content (AvgIpc) is 2.51. The van der Waals surface area contributed by atoms with Crippen LogP contribution in [0, 0.1) is 5.92 Å². The van der Waals surface area contributed by atoms with Crippen molar-refractivity contribution in [3.05, 3.63) is 0 Å². The van der Waals surface area contributed by atoms with E-state index < -0.39 is 12.6 Å². The predicted octanol–water partition coefficient (Wildman–Crippen LogP) is -0.754. The van der Waals surface area contributed by atoms with E-state index in [2.05, 4.69) is 10.3 Å². The molecule has 1 fully saturated rings. The molecule has 6 nitrogen and oxygen atoms in total. The first-order valence-corrected chi connectivity index (χ1v) is 4.48. The summed E-state index contributed by atoms with van der Waals surface area (Å²) in [5.41, 5.74) is 7.73. The van der Waals surface area contributed by atoms with Crippen LogP contribution in [0.25, 0.3) is 0 Å². The van der Waals surface area contributed by atoms with Crippen molar-refractivity contribution in [2.45, 2.75) is 25.3 Å². The van der Waals surface area contributed by atoms with Gasteiger partial charge in [0.15, 0.2) is 6.61 Å². The van der Waals surface area contributed by atoms with Gasteiger partial charge in [-0.05, 0) is 19.3 Å². The summed E-state index contributed by atoms with van der Waals surface area (Å²) in [7, 11) is 0. The number of nitrogens with one attached hydrogen (secondary N) is 1. The quantitative estimate of drug-likeness (QED) is 0.520. The van der Waals surface area contributed by atoms with Gasteiger partial charge in [-0.15, -0.1) is 0 Å². The van der Waals surface area contributed by atoms with Gasteiger partial charge in [0.05, 0.1) is 0 Å². The van der Waals surface area contributed by atoms with Crippen molar-refractivity contribution in [1.29, 1.82) is 0 Å². The van der Waals surface area contributed by atoms with Crippen molar-refractivity contribution < 1.29 is 19.5 Å². The minimum Gasteiger partial charge on any atom is -0.479 e. The zero-order chi connectivity index (χ0) is 10.6. The Labute approximate surface area is 81.4 Å². The van der Waals surface area contributed by atoms with E-state index in [9.17, 15) is 9.59 Å². The van der Waals surface area contributed by atoms with Crippen LogP contribution in [0.5, 0.6) is 0 Å². The summed E-state index contributed by atoms with van der Waals surface area (Å²) in [5.74, 6) is -1.54. The van der Waals surface area contributed by atoms with Gasteiger partial charge in [-0.2, -0.15) is 0 Å². The number of carboxylic acids is 1. The van der Waals surface area contributed by atoms with Gasteiger partial charge in [-0.3, -0.25) is 9.63 Å². The topological polar surface area (TPSA) is 102 Å². The van der Waals surface area contributed by atoms with E-state index >= 15 is 0 Å². The van der Waals surface area contributed by atoms with Crippen molar-refractivity contribution >= 4 is 11.9 Å². The first-order valence-electron chi connectivity index (χ1n) is 4.48. The van der Waals surface area contributed by atoms with E-state index in [1.165, 1.54) is 0 Å². The Morgan fingerprint density at radius 1 is 1.50 bits per heavy atom. The Morgan fingerprint density at radius 3 is 2.71 bits per heavy atom. The molecule has 6 heteroatoms. The monoisotopic (exact) mass is 202 g/mol. The second-order valence-corrected chi connectivity index (χ2v) is 3.42. The van der Waals surface area contributed by atoms with Gasteiger partial charge in [-0.1, -0.05) is 0 Å². The molecule has 1 saturated carbocycles. The molecule has 0 aromatic carbocycles. The van der Waals surface area contributed by atoms with Crippen molar-refractivity contribution in [2.75, 3.05) is 6.61 Å². The summed E-state index contributed by atoms with van der Waals surface area (Å²) in [5, 5.41) is 8.24. The van der Waals surface area contributed by atoms with E-state index in [1.54, 1.807) is 0 Å². The minimum atomic E-state index is -1.12. The second kappa shape index (κ2) is 4.92. The molecule has 2 unspecified atom stereocenters. The maximum atomic E-state index is 11.3. The summed E-state index contributed by atoms with van der Waals surface area (Å²) in [6.07, 6.45) is 2.21. The number of nitrogens with two attached hydrogens (primary N) is 1. The molecular formula is C8H14N2O4. The highest BCUT2D eigenvalue weighted by atomic mass is 16.7. The summed E-state index contributed by atoms with van der Waals surface area (Å²) in [6, 6.07) is 0.0743. The van der Waals surface area contributed by atoms with Crippen molar-refractivity contribution in [2.24, 2.45) is 11.7 Å². The lowest BCUT2D eigenvalue weighted by Gasteiger charge is -2.09. The zero-order valence-electron chi connectivity index (χ0n) is 7.73. The molecule has 4 N–H and O–H groups in total. The van der Waals surface area contributed by atoms with Crippen LogP contribution in [0.3, 0.4) is 0 Å². The molecule has 1 aliphatic carbocycles. The Morgan fingerprint density at radius 2 is 2.21 bits per heavy atom. The molecule has 80 valence electrons. The molecule has 0 aromatic rings. The molecule has 0 saturated heterocycles. The van der Waals surface area contributed by atoms with Crippen LogP contribution < -0.4 is 11.2 Å². The number of hydrogen-bond acceptors (Lipinski definition) is 4. The van der Waals surface area contributed by atoms with Crippen LogP contribution in [-0.2, 0) is 14.4 Å². The zero-order valence-corrected chi connectivity index (χ0v) is 7.73. The smallest absolute Gasteiger partial charge is 0.332 e. The van der Waals surface area contributed by atoms with Gasteiger partial charge in [-0.25, -0.2) is 10.3 Å². The third-order valence-corrected chi connectivity index (χ3v) is 2.21. The highest BCUT2D eigenvalue weighted by molar-refractivity contribution is 5.78. The molecule has 0 aliphatic heterocycles. The van der Waals surface area contributed by atoms with E-state index in [-0.39, 0.29) is 17.9 Å². The van der Waals surface area contributed by atoms with Crippen molar-refractivity contribution in [3.63, 3.8) is 0 Å². The third-order valence-electron chi connectivity index (χ3n) is 2.21. The fraction of sp³-hybridized carbons (Fsp3) is 0.750. The number of carboxylic acid groups (broad SMARTS) is 1. The summed E-state index contributed by atoms with van der Waals surface area (Å²) in [4.78, 5) is 25.8. The van der Waals surface area contributed by atoms with Crippen LogP contribution in [0.1, 0.15) is 19.3 Å². The number of hydrogen-bond donors (Lipinski definition) is 3.